The van der Waals surface area contributed by atoms with E-state index in [0.717, 1.165) is 4.31 Å². The maximum Gasteiger partial charge on any atom is 0.288 e. The van der Waals surface area contributed by atoms with Gasteiger partial charge in [0.2, 0.25) is 10.0 Å². The first-order valence-corrected chi connectivity index (χ1v) is 9.41. The van der Waals surface area contributed by atoms with Crippen molar-refractivity contribution in [2.24, 2.45) is 0 Å². The molecule has 1 N–H and O–H groups in total. The molecule has 0 heterocycles. The minimum atomic E-state index is -3.55. The SMILES string of the molecule is CN(C)S(=O)(=O)c1ccc(C(=O)Nc2ccc(SC(F)F)cc2)cc1. The second-order valence-electron chi connectivity index (χ2n) is 5.17. The Bertz CT molecular complexity index is 837. The van der Waals surface area contributed by atoms with Gasteiger partial charge in [0, 0.05) is 30.2 Å². The Morgan fingerprint density at radius 1 is 1.04 bits per heavy atom. The number of anilines is 1. The largest absolute Gasteiger partial charge is 0.322 e. The zero-order valence-corrected chi connectivity index (χ0v) is 15.1. The van der Waals surface area contributed by atoms with Crippen molar-refractivity contribution in [3.63, 3.8) is 0 Å². The Hall–Kier alpha value is -1.97. The average Bonchev–Trinajstić information content (AvgIpc) is 2.56. The standard InChI is InChI=1S/C16H16F2N2O3S2/c1-20(2)25(22,23)14-9-3-11(4-10-14)15(21)19-12-5-7-13(8-6-12)24-16(17)18/h3-10,16H,1-2H3,(H,19,21). The molecule has 0 saturated carbocycles. The molecule has 0 saturated heterocycles. The van der Waals surface area contributed by atoms with E-state index in [9.17, 15) is 22.0 Å². The first-order chi connectivity index (χ1) is 11.7. The predicted molar refractivity (Wildman–Crippen MR) is 93.6 cm³/mol. The number of alkyl halides is 2. The second-order valence-corrected chi connectivity index (χ2v) is 8.38. The molecule has 0 aliphatic rings. The third-order valence-electron chi connectivity index (χ3n) is 3.23. The molecule has 0 spiro atoms. The molecule has 0 atom stereocenters. The van der Waals surface area contributed by atoms with E-state index in [4.69, 9.17) is 0 Å². The third-order valence-corrected chi connectivity index (χ3v) is 5.78. The molecule has 0 unspecified atom stereocenters. The zero-order valence-electron chi connectivity index (χ0n) is 13.4. The molecule has 0 radical (unpaired) electrons. The molecule has 25 heavy (non-hydrogen) atoms. The summed E-state index contributed by atoms with van der Waals surface area (Å²) in [7, 11) is -0.710. The molecule has 0 fully saturated rings. The Morgan fingerprint density at radius 2 is 1.60 bits per heavy atom. The zero-order chi connectivity index (χ0) is 18.6. The Balaban J connectivity index is 2.08. The maximum atomic E-state index is 12.3. The highest BCUT2D eigenvalue weighted by molar-refractivity contribution is 7.99. The average molecular weight is 386 g/mol. The van der Waals surface area contributed by atoms with E-state index < -0.39 is 21.7 Å². The Labute approximate surface area is 149 Å². The molecule has 0 aliphatic heterocycles. The van der Waals surface area contributed by atoms with Gasteiger partial charge in [-0.25, -0.2) is 12.7 Å². The smallest absolute Gasteiger partial charge is 0.288 e. The number of rotatable bonds is 6. The van der Waals surface area contributed by atoms with Crippen LogP contribution in [0.3, 0.4) is 0 Å². The predicted octanol–water partition coefficient (Wildman–Crippen LogP) is 3.50. The lowest BCUT2D eigenvalue weighted by Crippen LogP contribution is -2.22. The van der Waals surface area contributed by atoms with Gasteiger partial charge < -0.3 is 5.32 Å². The van der Waals surface area contributed by atoms with Gasteiger partial charge in [-0.3, -0.25) is 4.79 Å². The van der Waals surface area contributed by atoms with Crippen LogP contribution in [0.15, 0.2) is 58.3 Å². The van der Waals surface area contributed by atoms with Gasteiger partial charge in [-0.15, -0.1) is 0 Å². The second kappa shape index (κ2) is 7.94. The molecule has 0 aromatic heterocycles. The highest BCUT2D eigenvalue weighted by Crippen LogP contribution is 2.26. The molecule has 2 aromatic carbocycles. The number of benzene rings is 2. The molecule has 1 amide bonds. The van der Waals surface area contributed by atoms with Crippen LogP contribution >= 0.6 is 11.8 Å². The summed E-state index contributed by atoms with van der Waals surface area (Å²) >= 11 is 0.422. The van der Waals surface area contributed by atoms with Crippen LogP contribution in [0.5, 0.6) is 0 Å². The van der Waals surface area contributed by atoms with Crippen LogP contribution in [-0.2, 0) is 10.0 Å². The lowest BCUT2D eigenvalue weighted by atomic mass is 10.2. The van der Waals surface area contributed by atoms with E-state index in [1.54, 1.807) is 0 Å². The van der Waals surface area contributed by atoms with Gasteiger partial charge >= 0.3 is 0 Å². The van der Waals surface area contributed by atoms with Crippen LogP contribution in [0.2, 0.25) is 0 Å². The normalized spacial score (nSPS) is 11.8. The quantitative estimate of drug-likeness (QED) is 0.772. The number of hydrogen-bond acceptors (Lipinski definition) is 4. The highest BCUT2D eigenvalue weighted by atomic mass is 32.2. The minimum absolute atomic E-state index is 0.0856. The van der Waals surface area contributed by atoms with Gasteiger partial charge in [0.25, 0.3) is 11.7 Å². The Kier molecular flexibility index (Phi) is 6.15. The van der Waals surface area contributed by atoms with Crippen molar-refractivity contribution in [3.05, 3.63) is 54.1 Å². The number of carbonyl (C=O) groups excluding carboxylic acids is 1. The third kappa shape index (κ3) is 5.00. The van der Waals surface area contributed by atoms with Gasteiger partial charge in [-0.2, -0.15) is 8.78 Å². The van der Waals surface area contributed by atoms with Gasteiger partial charge in [-0.1, -0.05) is 11.8 Å². The fourth-order valence-electron chi connectivity index (χ4n) is 1.91. The summed E-state index contributed by atoms with van der Waals surface area (Å²) in [4.78, 5) is 12.7. The van der Waals surface area contributed by atoms with Gasteiger partial charge in [0.15, 0.2) is 0 Å². The van der Waals surface area contributed by atoms with Crippen molar-refractivity contribution in [2.75, 3.05) is 19.4 Å². The molecule has 134 valence electrons. The van der Waals surface area contributed by atoms with Gasteiger partial charge in [0.05, 0.1) is 4.90 Å². The molecule has 2 aromatic rings. The van der Waals surface area contributed by atoms with Crippen LogP contribution in [0.4, 0.5) is 14.5 Å². The monoisotopic (exact) mass is 386 g/mol. The van der Waals surface area contributed by atoms with Crippen molar-refractivity contribution in [3.8, 4) is 0 Å². The summed E-state index contributed by atoms with van der Waals surface area (Å²) in [5.74, 6) is -2.93. The summed E-state index contributed by atoms with van der Waals surface area (Å²) in [5.41, 5.74) is 0.734. The minimum Gasteiger partial charge on any atom is -0.322 e. The van der Waals surface area contributed by atoms with Crippen molar-refractivity contribution in [2.45, 2.75) is 15.5 Å². The summed E-state index contributed by atoms with van der Waals surface area (Å²) in [5, 5.41) is 2.62. The van der Waals surface area contributed by atoms with Crippen molar-refractivity contribution >= 4 is 33.4 Å². The van der Waals surface area contributed by atoms with Crippen LogP contribution in [0.1, 0.15) is 10.4 Å². The molecule has 0 bridgehead atoms. The van der Waals surface area contributed by atoms with Crippen LogP contribution < -0.4 is 5.32 Å². The molecule has 5 nitrogen and oxygen atoms in total. The maximum absolute atomic E-state index is 12.3. The Morgan fingerprint density at radius 3 is 2.08 bits per heavy atom. The van der Waals surface area contributed by atoms with Gasteiger partial charge in [0.1, 0.15) is 0 Å². The fourth-order valence-corrected chi connectivity index (χ4v) is 3.31. The number of nitrogens with one attached hydrogen (secondary N) is 1. The highest BCUT2D eigenvalue weighted by Gasteiger charge is 2.17. The summed E-state index contributed by atoms with van der Waals surface area (Å²) in [6.45, 7) is 0. The van der Waals surface area contributed by atoms with E-state index in [1.807, 2.05) is 0 Å². The van der Waals surface area contributed by atoms with E-state index >= 15 is 0 Å². The van der Waals surface area contributed by atoms with Crippen LogP contribution in [0, 0.1) is 0 Å². The number of sulfonamides is 1. The number of nitrogens with zero attached hydrogens (tertiary/aromatic N) is 1. The van der Waals surface area contributed by atoms with E-state index in [1.165, 1.54) is 62.6 Å². The lowest BCUT2D eigenvalue weighted by molar-refractivity contribution is 0.102. The van der Waals surface area contributed by atoms with Crippen molar-refractivity contribution in [1.29, 1.82) is 0 Å². The number of halogens is 2. The van der Waals surface area contributed by atoms with Crippen molar-refractivity contribution in [1.82, 2.24) is 4.31 Å². The number of carbonyl (C=O) groups is 1. The first-order valence-electron chi connectivity index (χ1n) is 7.09. The summed E-state index contributed by atoms with van der Waals surface area (Å²) in [6, 6.07) is 11.5. The first kappa shape index (κ1) is 19.4. The number of thioether (sulfide) groups is 1. The molecule has 9 heteroatoms. The van der Waals surface area contributed by atoms with Gasteiger partial charge in [-0.05, 0) is 48.5 Å². The topological polar surface area (TPSA) is 66.5 Å². The number of amides is 1. The van der Waals surface area contributed by atoms with Crippen LogP contribution in [-0.4, -0.2) is 38.5 Å². The number of hydrogen-bond donors (Lipinski definition) is 1. The van der Waals surface area contributed by atoms with E-state index in [-0.39, 0.29) is 10.5 Å². The van der Waals surface area contributed by atoms with Crippen molar-refractivity contribution < 1.29 is 22.0 Å². The lowest BCUT2D eigenvalue weighted by Gasteiger charge is -2.11. The van der Waals surface area contributed by atoms with E-state index in [2.05, 4.69) is 5.32 Å². The van der Waals surface area contributed by atoms with E-state index in [0.29, 0.717) is 22.3 Å². The van der Waals surface area contributed by atoms with Crippen LogP contribution in [0.25, 0.3) is 0 Å². The summed E-state index contributed by atoms with van der Waals surface area (Å²) < 4.78 is 49.6. The molecule has 2 rings (SSSR count). The molecular formula is C16H16F2N2O3S2. The fraction of sp³-hybridized carbons (Fsp3) is 0.188. The molecular weight excluding hydrogens is 370 g/mol. The molecule has 0 aliphatic carbocycles. The summed E-state index contributed by atoms with van der Waals surface area (Å²) in [6.07, 6.45) is 0.